The minimum Gasteiger partial charge on any atom is -0.394 e. The van der Waals surface area contributed by atoms with Gasteiger partial charge in [0.2, 0.25) is 0 Å². The smallest absolute Gasteiger partial charge is 0.251 e. The molecule has 1 atom stereocenters. The standard InChI is InChI=1S/C18H20N2O3/c1-19-17(22)14-8-5-9-15(11-14)18(23)20-16(12-21)10-13-6-3-2-4-7-13/h2-9,11,16,21H,10,12H2,1H3,(H,19,22)(H,20,23). The maximum absolute atomic E-state index is 12.3. The molecule has 3 N–H and O–H groups in total. The zero-order chi connectivity index (χ0) is 16.7. The van der Waals surface area contributed by atoms with Gasteiger partial charge in [0.1, 0.15) is 0 Å². The predicted octanol–water partition coefficient (Wildman–Crippen LogP) is 1.38. The number of aliphatic hydroxyl groups excluding tert-OH is 1. The van der Waals surface area contributed by atoms with Crippen LogP contribution in [0.25, 0.3) is 0 Å². The number of carbonyl (C=O) groups excluding carboxylic acids is 2. The fourth-order valence-electron chi connectivity index (χ4n) is 2.27. The summed E-state index contributed by atoms with van der Waals surface area (Å²) in [5.41, 5.74) is 1.84. The summed E-state index contributed by atoms with van der Waals surface area (Å²) in [4.78, 5) is 23.9. The van der Waals surface area contributed by atoms with Gasteiger partial charge in [0.15, 0.2) is 0 Å². The van der Waals surface area contributed by atoms with E-state index in [9.17, 15) is 14.7 Å². The van der Waals surface area contributed by atoms with Gasteiger partial charge in [-0.3, -0.25) is 9.59 Å². The first-order valence-corrected chi connectivity index (χ1v) is 7.42. The molecule has 0 aromatic heterocycles. The molecule has 0 saturated carbocycles. The largest absolute Gasteiger partial charge is 0.394 e. The van der Waals surface area contributed by atoms with Crippen LogP contribution < -0.4 is 10.6 Å². The molecule has 0 aliphatic carbocycles. The Labute approximate surface area is 135 Å². The van der Waals surface area contributed by atoms with Crippen molar-refractivity contribution in [2.24, 2.45) is 0 Å². The van der Waals surface area contributed by atoms with Gasteiger partial charge in [0.05, 0.1) is 12.6 Å². The molecule has 0 bridgehead atoms. The van der Waals surface area contributed by atoms with Gasteiger partial charge in [0.25, 0.3) is 11.8 Å². The number of hydrogen-bond donors (Lipinski definition) is 3. The molecule has 0 aliphatic rings. The van der Waals surface area contributed by atoms with E-state index in [2.05, 4.69) is 10.6 Å². The van der Waals surface area contributed by atoms with Gasteiger partial charge >= 0.3 is 0 Å². The summed E-state index contributed by atoms with van der Waals surface area (Å²) in [5.74, 6) is -0.562. The molecule has 5 nitrogen and oxygen atoms in total. The molecule has 2 amide bonds. The van der Waals surface area contributed by atoms with Crippen molar-refractivity contribution in [1.29, 1.82) is 0 Å². The van der Waals surface area contributed by atoms with Crippen LogP contribution in [0.2, 0.25) is 0 Å². The fraction of sp³-hybridized carbons (Fsp3) is 0.222. The van der Waals surface area contributed by atoms with E-state index in [1.165, 1.54) is 13.1 Å². The van der Waals surface area contributed by atoms with E-state index in [4.69, 9.17) is 0 Å². The van der Waals surface area contributed by atoms with E-state index < -0.39 is 0 Å². The predicted molar refractivity (Wildman–Crippen MR) is 88.3 cm³/mol. The van der Waals surface area contributed by atoms with Crippen LogP contribution in [0.15, 0.2) is 54.6 Å². The van der Waals surface area contributed by atoms with Crippen molar-refractivity contribution >= 4 is 11.8 Å². The minimum absolute atomic E-state index is 0.157. The van der Waals surface area contributed by atoms with E-state index in [0.717, 1.165) is 5.56 Å². The molecule has 5 heteroatoms. The zero-order valence-electron chi connectivity index (χ0n) is 13.0. The second kappa shape index (κ2) is 8.10. The molecule has 2 rings (SSSR count). The highest BCUT2D eigenvalue weighted by Crippen LogP contribution is 2.07. The summed E-state index contributed by atoms with van der Waals surface area (Å²) >= 11 is 0. The monoisotopic (exact) mass is 312 g/mol. The van der Waals surface area contributed by atoms with E-state index in [0.29, 0.717) is 17.5 Å². The lowest BCUT2D eigenvalue weighted by molar-refractivity contribution is 0.0916. The minimum atomic E-state index is -0.381. The van der Waals surface area contributed by atoms with Crippen molar-refractivity contribution in [3.8, 4) is 0 Å². The highest BCUT2D eigenvalue weighted by molar-refractivity contribution is 5.99. The van der Waals surface area contributed by atoms with Crippen LogP contribution in [-0.4, -0.2) is 36.6 Å². The van der Waals surface area contributed by atoms with Gasteiger partial charge in [-0.15, -0.1) is 0 Å². The van der Waals surface area contributed by atoms with Crippen molar-refractivity contribution in [2.45, 2.75) is 12.5 Å². The third-order valence-corrected chi connectivity index (χ3v) is 3.49. The number of rotatable bonds is 6. The Hall–Kier alpha value is -2.66. The number of nitrogens with one attached hydrogen (secondary N) is 2. The second-order valence-corrected chi connectivity index (χ2v) is 5.20. The molecule has 0 aliphatic heterocycles. The molecule has 0 radical (unpaired) electrons. The average molecular weight is 312 g/mol. The molecular formula is C18H20N2O3. The molecular weight excluding hydrogens is 292 g/mol. The van der Waals surface area contributed by atoms with Crippen LogP contribution in [0, 0.1) is 0 Å². The first-order chi connectivity index (χ1) is 11.1. The second-order valence-electron chi connectivity index (χ2n) is 5.20. The molecule has 0 saturated heterocycles. The first kappa shape index (κ1) is 16.7. The highest BCUT2D eigenvalue weighted by Gasteiger charge is 2.15. The lowest BCUT2D eigenvalue weighted by Crippen LogP contribution is -2.39. The zero-order valence-corrected chi connectivity index (χ0v) is 13.0. The Bertz CT molecular complexity index is 671. The fourth-order valence-corrected chi connectivity index (χ4v) is 2.27. The Morgan fingerprint density at radius 3 is 2.26 bits per heavy atom. The lowest BCUT2D eigenvalue weighted by atomic mass is 10.1. The van der Waals surface area contributed by atoms with Crippen molar-refractivity contribution in [3.63, 3.8) is 0 Å². The molecule has 1 unspecified atom stereocenters. The lowest BCUT2D eigenvalue weighted by Gasteiger charge is -2.16. The van der Waals surface area contributed by atoms with Gasteiger partial charge in [-0.1, -0.05) is 36.4 Å². The molecule has 0 fully saturated rings. The third kappa shape index (κ3) is 4.66. The van der Waals surface area contributed by atoms with E-state index in [1.807, 2.05) is 30.3 Å². The van der Waals surface area contributed by atoms with Crippen LogP contribution in [-0.2, 0) is 6.42 Å². The average Bonchev–Trinajstić information content (AvgIpc) is 2.61. The number of benzene rings is 2. The van der Waals surface area contributed by atoms with Crippen molar-refractivity contribution in [2.75, 3.05) is 13.7 Å². The Morgan fingerprint density at radius 2 is 1.65 bits per heavy atom. The molecule has 2 aromatic rings. The van der Waals surface area contributed by atoms with Crippen LogP contribution >= 0.6 is 0 Å². The maximum atomic E-state index is 12.3. The van der Waals surface area contributed by atoms with E-state index in [1.54, 1.807) is 18.2 Å². The molecule has 0 heterocycles. The molecule has 2 aromatic carbocycles. The van der Waals surface area contributed by atoms with Crippen molar-refractivity contribution in [1.82, 2.24) is 10.6 Å². The Balaban J connectivity index is 2.06. The van der Waals surface area contributed by atoms with Gasteiger partial charge in [-0.25, -0.2) is 0 Å². The first-order valence-electron chi connectivity index (χ1n) is 7.42. The van der Waals surface area contributed by atoms with Crippen LogP contribution in [0.1, 0.15) is 26.3 Å². The summed E-state index contributed by atoms with van der Waals surface area (Å²) in [6.07, 6.45) is 0.540. The van der Waals surface area contributed by atoms with Gasteiger partial charge in [-0.05, 0) is 30.2 Å². The Morgan fingerprint density at radius 1 is 1.00 bits per heavy atom. The summed E-state index contributed by atoms with van der Waals surface area (Å²) in [5, 5.41) is 14.8. The van der Waals surface area contributed by atoms with E-state index in [-0.39, 0.29) is 24.5 Å². The Kier molecular flexibility index (Phi) is 5.88. The number of aliphatic hydroxyl groups is 1. The summed E-state index contributed by atoms with van der Waals surface area (Å²) in [7, 11) is 1.54. The summed E-state index contributed by atoms with van der Waals surface area (Å²) in [6.45, 7) is -0.157. The SMILES string of the molecule is CNC(=O)c1cccc(C(=O)NC(CO)Cc2ccccc2)c1. The van der Waals surface area contributed by atoms with Gasteiger partial charge in [-0.2, -0.15) is 0 Å². The molecule has 120 valence electrons. The van der Waals surface area contributed by atoms with Crippen molar-refractivity contribution < 1.29 is 14.7 Å². The van der Waals surface area contributed by atoms with Crippen LogP contribution in [0.4, 0.5) is 0 Å². The van der Waals surface area contributed by atoms with Crippen LogP contribution in [0.5, 0.6) is 0 Å². The summed E-state index contributed by atoms with van der Waals surface area (Å²) < 4.78 is 0. The number of amides is 2. The maximum Gasteiger partial charge on any atom is 0.251 e. The topological polar surface area (TPSA) is 78.4 Å². The molecule has 0 spiro atoms. The van der Waals surface area contributed by atoms with Crippen LogP contribution in [0.3, 0.4) is 0 Å². The van der Waals surface area contributed by atoms with Crippen molar-refractivity contribution in [3.05, 3.63) is 71.3 Å². The normalized spacial score (nSPS) is 11.6. The summed E-state index contributed by atoms with van der Waals surface area (Å²) in [6, 6.07) is 15.7. The number of carbonyl (C=O) groups is 2. The van der Waals surface area contributed by atoms with Gasteiger partial charge in [0, 0.05) is 18.2 Å². The van der Waals surface area contributed by atoms with Gasteiger partial charge < -0.3 is 15.7 Å². The highest BCUT2D eigenvalue weighted by atomic mass is 16.3. The third-order valence-electron chi connectivity index (χ3n) is 3.49. The van der Waals surface area contributed by atoms with E-state index >= 15 is 0 Å². The number of hydrogen-bond acceptors (Lipinski definition) is 3. The molecule has 23 heavy (non-hydrogen) atoms. The quantitative estimate of drug-likeness (QED) is 0.754.